The van der Waals surface area contributed by atoms with Crippen molar-refractivity contribution in [2.75, 3.05) is 69.0 Å². The van der Waals surface area contributed by atoms with Crippen LogP contribution in [0.2, 0.25) is 0 Å². The van der Waals surface area contributed by atoms with Crippen molar-refractivity contribution < 1.29 is 88.7 Å². The third-order valence-electron chi connectivity index (χ3n) is 24.6. The maximum absolute atomic E-state index is 15.2. The van der Waals surface area contributed by atoms with Crippen LogP contribution in [0.3, 0.4) is 0 Å². The van der Waals surface area contributed by atoms with E-state index in [1.165, 1.54) is 6.92 Å². The van der Waals surface area contributed by atoms with E-state index in [2.05, 4.69) is 69.5 Å². The summed E-state index contributed by atoms with van der Waals surface area (Å²) in [6, 6.07) is 51.3. The monoisotopic (exact) mass is 1830 g/mol. The number of halogens is 4. The number of carbonyl (C=O) groups is 2. The molecule has 9 aromatic carbocycles. The number of ether oxygens (including phenoxy) is 13. The second-order valence-electron chi connectivity index (χ2n) is 35.0. The number of nitrogens with zero attached hydrogens (tertiary/aromatic N) is 5. The Morgan fingerprint density at radius 2 is 0.674 bits per heavy atom. The standard InChI is InChI=1S/C31H28FN3O5.C25H24FN3O4.C25H26FN3O3.C23H22FN3O3/c1-19-14-22-23(34-19)8-9-26(29(22)32)40-25-10-13-33-24-16-28(27(37-2)15-21(24)25)39-18-31(11-12-31)35-30(36)38-17-20-6-4-3-5-7-20;1-14-10-17-18(28-14)4-5-21(24(17)26)33-20-6-9-27-19-12-23(22(31-3)11-16(19)20)32-13-25(7-8-25)29-15(2)30;1-15-11-17-18(28-15)5-6-21(24(17)26)32-20-7-10-27-19-13-23(22(30-4)12-16(19)20)31-14-25(8-9-25)29(2)3;1-13-9-15-16(27-13)3-4-19(22(15)24)30-18-5-8-26-17-11-21(20(28-2)10-14(17)18)29-12-23(25)6-7-23/h3-10,13-16,34H,11-12,17-18H2,1-2H3,(H,35,36);4-6,9-12,28H,7-8,13H2,1-3H3,(H,29,30);5-7,10-13,28H,8-9,14H2,1-4H3;3-5,8-11,27H,6-7,12,25H2,1-2H3. The number of benzene rings is 9. The molecule has 0 aliphatic heterocycles. The number of hydrogen-bond acceptors (Lipinski definition) is 21. The largest absolute Gasteiger partial charge is 0.493 e. The van der Waals surface area contributed by atoms with Gasteiger partial charge < -0.3 is 103 Å². The van der Waals surface area contributed by atoms with Crippen LogP contribution in [-0.2, 0) is 16.1 Å². The number of pyridine rings is 4. The molecule has 4 aliphatic carbocycles. The van der Waals surface area contributed by atoms with Crippen molar-refractivity contribution in [3.63, 3.8) is 0 Å². The molecular formula is C104H100F4N12O15. The Labute approximate surface area is 773 Å². The van der Waals surface area contributed by atoms with E-state index in [9.17, 15) is 14.0 Å². The minimum atomic E-state index is -0.501. The number of rotatable bonds is 29. The lowest BCUT2D eigenvalue weighted by Gasteiger charge is -2.24. The maximum Gasteiger partial charge on any atom is 0.408 e. The van der Waals surface area contributed by atoms with Crippen molar-refractivity contribution in [3.05, 3.63) is 252 Å². The van der Waals surface area contributed by atoms with Gasteiger partial charge >= 0.3 is 6.09 Å². The van der Waals surface area contributed by atoms with Crippen molar-refractivity contribution in [2.24, 2.45) is 5.73 Å². The van der Waals surface area contributed by atoms with Gasteiger partial charge in [0.2, 0.25) is 5.91 Å². The Balaban J connectivity index is 0.000000121. The predicted octanol–water partition coefficient (Wildman–Crippen LogP) is 22.1. The average Bonchev–Trinajstić information content (AvgIpc) is 1.76. The van der Waals surface area contributed by atoms with Crippen molar-refractivity contribution in [1.82, 2.24) is 55.4 Å². The van der Waals surface area contributed by atoms with E-state index >= 15 is 13.2 Å². The van der Waals surface area contributed by atoms with E-state index in [4.69, 9.17) is 67.3 Å². The van der Waals surface area contributed by atoms with E-state index in [1.54, 1.807) is 181 Å². The van der Waals surface area contributed by atoms with Gasteiger partial charge in [0, 0.05) is 144 Å². The number of likely N-dealkylation sites (N-methyl/N-ethyl adjacent to an activating group) is 1. The third kappa shape index (κ3) is 19.8. The Morgan fingerprint density at radius 1 is 0.363 bits per heavy atom. The Hall–Kier alpha value is -15.2. The van der Waals surface area contributed by atoms with Gasteiger partial charge in [-0.1, -0.05) is 30.3 Å². The van der Waals surface area contributed by atoms with E-state index in [0.29, 0.717) is 160 Å². The van der Waals surface area contributed by atoms with Crippen LogP contribution in [0, 0.1) is 51.0 Å². The van der Waals surface area contributed by atoms with Gasteiger partial charge in [0.05, 0.1) is 72.7 Å². The number of hydrogen-bond donors (Lipinski definition) is 7. The molecule has 8 heterocycles. The van der Waals surface area contributed by atoms with Gasteiger partial charge in [-0.3, -0.25) is 24.7 Å². The van der Waals surface area contributed by atoms with Crippen LogP contribution in [0.4, 0.5) is 22.4 Å². The summed E-state index contributed by atoms with van der Waals surface area (Å²) in [5.41, 5.74) is 15.0. The highest BCUT2D eigenvalue weighted by Gasteiger charge is 2.48. The predicted molar refractivity (Wildman–Crippen MR) is 507 cm³/mol. The van der Waals surface area contributed by atoms with Crippen LogP contribution in [0.5, 0.6) is 92.0 Å². The Morgan fingerprint density at radius 3 is 0.963 bits per heavy atom. The number of aryl methyl sites for hydroxylation is 4. The van der Waals surface area contributed by atoms with Gasteiger partial charge in [0.15, 0.2) is 92.3 Å². The number of carbonyl (C=O) groups excluding carboxylic acids is 2. The minimum absolute atomic E-state index is 0.0785. The first-order valence-electron chi connectivity index (χ1n) is 44.1. The van der Waals surface area contributed by atoms with Crippen LogP contribution in [0.25, 0.3) is 87.2 Å². The topological polar surface area (TPSA) is 322 Å². The number of aromatic amines is 4. The molecule has 4 saturated carbocycles. The lowest BCUT2D eigenvalue weighted by Crippen LogP contribution is -2.41. The number of fused-ring (bicyclic) bond motifs is 8. The summed E-state index contributed by atoms with van der Waals surface area (Å²) in [6.45, 7) is 10.8. The fraction of sp³-hybridized carbons (Fsp3) is 0.269. The highest BCUT2D eigenvalue weighted by Crippen LogP contribution is 2.48. The SMILES string of the molecule is COc1cc2c(Oc3ccc4[nH]c(C)cc4c3F)ccnc2cc1OCC1(N(C)C)CC1.COc1cc2c(Oc3ccc4[nH]c(C)cc4c3F)ccnc2cc1OCC1(N)CC1.COc1cc2c(Oc3ccc4[nH]c(C)cc4c3F)ccnc2cc1OCC1(NC(=O)OCc2ccccc2)CC1.COc1cc2c(Oc3ccc4[nH]c(C)cc4c3F)ccnc2cc1OCC1(NC(C)=O)CC1. The molecule has 4 fully saturated rings. The molecule has 0 bridgehead atoms. The number of H-pyrrole nitrogens is 4. The number of nitrogens with two attached hydrogens (primary N) is 1. The molecule has 27 nitrogen and oxygen atoms in total. The Bertz CT molecular complexity index is 7370. The molecule has 694 valence electrons. The fourth-order valence-corrected chi connectivity index (χ4v) is 16.2. The highest BCUT2D eigenvalue weighted by molar-refractivity contribution is 5.94. The molecule has 0 saturated heterocycles. The van der Waals surface area contributed by atoms with Gasteiger partial charge in [-0.2, -0.15) is 0 Å². The van der Waals surface area contributed by atoms with Crippen LogP contribution in [0.15, 0.2) is 201 Å². The van der Waals surface area contributed by atoms with Crippen molar-refractivity contribution in [2.45, 2.75) is 115 Å². The summed E-state index contributed by atoms with van der Waals surface area (Å²) in [7, 11) is 10.4. The Kier molecular flexibility index (Phi) is 25.0. The summed E-state index contributed by atoms with van der Waals surface area (Å²) in [5.74, 6) is 4.92. The van der Waals surface area contributed by atoms with Crippen molar-refractivity contribution >= 4 is 99.2 Å². The third-order valence-corrected chi connectivity index (χ3v) is 24.6. The lowest BCUT2D eigenvalue weighted by atomic mass is 10.1. The first kappa shape index (κ1) is 90.3. The molecule has 2 amide bonds. The molecule has 0 spiro atoms. The summed E-state index contributed by atoms with van der Waals surface area (Å²) >= 11 is 0. The molecule has 17 aromatic rings. The van der Waals surface area contributed by atoms with Gasteiger partial charge in [-0.15, -0.1) is 0 Å². The normalized spacial score (nSPS) is 14.3. The summed E-state index contributed by atoms with van der Waals surface area (Å²) in [5, 5.41) is 10.5. The molecule has 8 N–H and O–H groups in total. The molecule has 135 heavy (non-hydrogen) atoms. The molecule has 31 heteroatoms. The van der Waals surface area contributed by atoms with E-state index in [-0.39, 0.29) is 58.7 Å². The highest BCUT2D eigenvalue weighted by atomic mass is 19.1. The number of amides is 2. The second-order valence-corrected chi connectivity index (χ2v) is 35.0. The van der Waals surface area contributed by atoms with Gasteiger partial charge in [-0.05, 0) is 220 Å². The van der Waals surface area contributed by atoms with Crippen LogP contribution in [0.1, 0.15) is 86.6 Å². The second kappa shape index (κ2) is 37.4. The van der Waals surface area contributed by atoms with Crippen LogP contribution >= 0.6 is 0 Å². The quantitative estimate of drug-likeness (QED) is 0.0214. The van der Waals surface area contributed by atoms with Gasteiger partial charge in [0.25, 0.3) is 0 Å². The van der Waals surface area contributed by atoms with Gasteiger partial charge in [0.1, 0.15) is 56.0 Å². The first-order valence-corrected chi connectivity index (χ1v) is 44.1. The smallest absolute Gasteiger partial charge is 0.408 e. The maximum atomic E-state index is 15.2. The molecule has 8 aromatic heterocycles. The number of alkyl carbamates (subject to hydrolysis) is 1. The fourth-order valence-electron chi connectivity index (χ4n) is 16.2. The molecule has 0 radical (unpaired) electrons. The average molecular weight is 1830 g/mol. The zero-order valence-corrected chi connectivity index (χ0v) is 76.2. The lowest BCUT2D eigenvalue weighted by molar-refractivity contribution is -0.120. The zero-order valence-electron chi connectivity index (χ0n) is 76.2. The summed E-state index contributed by atoms with van der Waals surface area (Å²) in [4.78, 5) is 56.3. The first-order chi connectivity index (χ1) is 65.1. The molecular weight excluding hydrogens is 1730 g/mol. The van der Waals surface area contributed by atoms with Crippen molar-refractivity contribution in [3.8, 4) is 92.0 Å². The summed E-state index contributed by atoms with van der Waals surface area (Å²) < 4.78 is 136. The summed E-state index contributed by atoms with van der Waals surface area (Å²) in [6.07, 6.45) is 13.4. The van der Waals surface area contributed by atoms with E-state index < -0.39 is 34.9 Å². The number of methoxy groups -OCH3 is 4. The number of nitrogens with one attached hydrogen (secondary N) is 6. The van der Waals surface area contributed by atoms with Gasteiger partial charge in [-0.25, -0.2) is 22.4 Å². The molecule has 0 unspecified atom stereocenters. The molecule has 21 rings (SSSR count). The molecule has 4 aliphatic rings. The van der Waals surface area contributed by atoms with E-state index in [1.807, 2.05) is 76.2 Å². The number of aromatic nitrogens is 8. The minimum Gasteiger partial charge on any atom is -0.493 e. The van der Waals surface area contributed by atoms with Crippen LogP contribution in [-0.4, -0.2) is 148 Å². The van der Waals surface area contributed by atoms with E-state index in [0.717, 1.165) is 96.1 Å². The zero-order chi connectivity index (χ0) is 94.2. The van der Waals surface area contributed by atoms with Crippen molar-refractivity contribution in [1.29, 1.82) is 0 Å². The molecule has 0 atom stereocenters. The van der Waals surface area contributed by atoms with Crippen LogP contribution < -0.4 is 73.2 Å².